The van der Waals surface area contributed by atoms with Gasteiger partial charge in [-0.1, -0.05) is 36.4 Å². The molecule has 0 spiro atoms. The second-order valence-corrected chi connectivity index (χ2v) is 9.91. The van der Waals surface area contributed by atoms with Gasteiger partial charge in [-0.15, -0.1) is 0 Å². The number of halogens is 1. The Hall–Kier alpha value is -3.82. The summed E-state index contributed by atoms with van der Waals surface area (Å²) >= 11 is 0. The quantitative estimate of drug-likeness (QED) is 0.340. The minimum Gasteiger partial charge on any atom is -0.388 e. The van der Waals surface area contributed by atoms with Gasteiger partial charge in [0.25, 0.3) is 15.9 Å². The first-order valence-corrected chi connectivity index (χ1v) is 13.0. The molecule has 186 valence electrons. The molecular weight excluding hydrogens is 481 g/mol. The van der Waals surface area contributed by atoms with Crippen LogP contribution in [0.1, 0.15) is 35.4 Å². The number of carbonyl (C=O) groups is 1. The molecule has 0 fully saturated rings. The van der Waals surface area contributed by atoms with Crippen LogP contribution in [0.5, 0.6) is 0 Å². The Morgan fingerprint density at radius 2 is 1.78 bits per heavy atom. The van der Waals surface area contributed by atoms with E-state index >= 15 is 0 Å². The van der Waals surface area contributed by atoms with E-state index in [0.29, 0.717) is 30.5 Å². The first-order valence-electron chi connectivity index (χ1n) is 11.5. The molecule has 0 saturated carbocycles. The van der Waals surface area contributed by atoms with Crippen LogP contribution in [-0.4, -0.2) is 42.4 Å². The highest BCUT2D eigenvalue weighted by Crippen LogP contribution is 2.25. The summed E-state index contributed by atoms with van der Waals surface area (Å²) in [6, 6.07) is 20.6. The van der Waals surface area contributed by atoms with E-state index in [-0.39, 0.29) is 22.0 Å². The number of aromatic nitrogens is 1. The topological polar surface area (TPSA) is 99.6 Å². The van der Waals surface area contributed by atoms with Gasteiger partial charge in [0.15, 0.2) is 0 Å². The Morgan fingerprint density at radius 3 is 2.47 bits per heavy atom. The largest absolute Gasteiger partial charge is 0.388 e. The van der Waals surface area contributed by atoms with Gasteiger partial charge < -0.3 is 10.0 Å². The zero-order chi connectivity index (χ0) is 25.7. The van der Waals surface area contributed by atoms with E-state index in [1.54, 1.807) is 17.0 Å². The van der Waals surface area contributed by atoms with Crippen LogP contribution in [0.15, 0.2) is 90.0 Å². The number of pyridine rings is 1. The lowest BCUT2D eigenvalue weighted by atomic mass is 10.1. The van der Waals surface area contributed by atoms with Crippen molar-refractivity contribution >= 4 is 32.5 Å². The zero-order valence-electron chi connectivity index (χ0n) is 19.6. The fraction of sp³-hybridized carbons (Fsp3) is 0.185. The predicted octanol–water partition coefficient (Wildman–Crippen LogP) is 4.76. The Kier molecular flexibility index (Phi) is 7.61. The Balaban J connectivity index is 1.46. The van der Waals surface area contributed by atoms with Crippen molar-refractivity contribution in [2.24, 2.45) is 0 Å². The smallest absolute Gasteiger partial charge is 0.264 e. The van der Waals surface area contributed by atoms with Crippen LogP contribution in [0.3, 0.4) is 0 Å². The van der Waals surface area contributed by atoms with Crippen LogP contribution in [0.4, 0.5) is 10.1 Å². The van der Waals surface area contributed by atoms with E-state index in [9.17, 15) is 22.7 Å². The second-order valence-electron chi connectivity index (χ2n) is 8.26. The molecule has 0 radical (unpaired) electrons. The molecule has 0 aliphatic heterocycles. The number of aliphatic hydroxyl groups is 1. The van der Waals surface area contributed by atoms with Crippen LogP contribution >= 0.6 is 0 Å². The maximum Gasteiger partial charge on any atom is 0.264 e. The molecule has 1 unspecified atom stereocenters. The van der Waals surface area contributed by atoms with Gasteiger partial charge in [0.2, 0.25) is 0 Å². The van der Waals surface area contributed by atoms with E-state index in [2.05, 4.69) is 9.71 Å². The number of nitrogens with one attached hydrogen (secondary N) is 1. The van der Waals surface area contributed by atoms with Crippen molar-refractivity contribution in [3.05, 3.63) is 102 Å². The molecule has 1 aromatic heterocycles. The second kappa shape index (κ2) is 10.8. The molecule has 0 aliphatic rings. The predicted molar refractivity (Wildman–Crippen MR) is 137 cm³/mol. The molecule has 7 nitrogen and oxygen atoms in total. The third kappa shape index (κ3) is 5.69. The zero-order valence-corrected chi connectivity index (χ0v) is 20.5. The monoisotopic (exact) mass is 507 g/mol. The minimum atomic E-state index is -4.14. The van der Waals surface area contributed by atoms with Gasteiger partial charge in [-0.05, 0) is 61.4 Å². The summed E-state index contributed by atoms with van der Waals surface area (Å²) in [6.07, 6.45) is 1.15. The maximum absolute atomic E-state index is 14.0. The molecule has 1 amide bonds. The van der Waals surface area contributed by atoms with Gasteiger partial charge in [-0.3, -0.25) is 14.5 Å². The van der Waals surface area contributed by atoms with Crippen LogP contribution in [0.2, 0.25) is 0 Å². The molecule has 4 rings (SSSR count). The average Bonchev–Trinajstić information content (AvgIpc) is 2.89. The molecule has 1 heterocycles. The minimum absolute atomic E-state index is 0.162. The Morgan fingerprint density at radius 1 is 1.06 bits per heavy atom. The van der Waals surface area contributed by atoms with E-state index in [0.717, 1.165) is 11.6 Å². The van der Waals surface area contributed by atoms with Crippen molar-refractivity contribution in [1.82, 2.24) is 9.88 Å². The van der Waals surface area contributed by atoms with E-state index < -0.39 is 21.9 Å². The highest BCUT2D eigenvalue weighted by Gasteiger charge is 2.21. The summed E-state index contributed by atoms with van der Waals surface area (Å²) in [6.45, 7) is 2.67. The number of anilines is 1. The van der Waals surface area contributed by atoms with Crippen molar-refractivity contribution in [3.63, 3.8) is 0 Å². The van der Waals surface area contributed by atoms with E-state index in [4.69, 9.17) is 0 Å². The normalized spacial score (nSPS) is 12.3. The summed E-state index contributed by atoms with van der Waals surface area (Å²) in [7, 11) is -4.14. The molecule has 0 saturated heterocycles. The standard InChI is InChI=1S/C27H26FN3O4S/c1-2-31(16-14-24(32)19-7-4-3-5-8-19)27(33)20-10-12-23(13-11-20)30-36(34,35)25-18-22(28)17-21-9-6-15-29-26(21)25/h3-13,15,17-18,24,30,32H,2,14,16H2,1H3. The van der Waals surface area contributed by atoms with Gasteiger partial charge in [0, 0.05) is 35.9 Å². The molecule has 36 heavy (non-hydrogen) atoms. The van der Waals surface area contributed by atoms with Gasteiger partial charge in [-0.2, -0.15) is 0 Å². The summed E-state index contributed by atoms with van der Waals surface area (Å²) < 4.78 is 42.5. The van der Waals surface area contributed by atoms with Gasteiger partial charge in [0.05, 0.1) is 11.6 Å². The van der Waals surface area contributed by atoms with Gasteiger partial charge in [0.1, 0.15) is 10.7 Å². The highest BCUT2D eigenvalue weighted by molar-refractivity contribution is 7.93. The third-order valence-electron chi connectivity index (χ3n) is 5.83. The van der Waals surface area contributed by atoms with Crippen molar-refractivity contribution in [2.75, 3.05) is 17.8 Å². The third-order valence-corrected chi connectivity index (χ3v) is 7.23. The number of amides is 1. The number of benzene rings is 3. The number of rotatable bonds is 9. The summed E-state index contributed by atoms with van der Waals surface area (Å²) in [5.41, 5.74) is 1.56. The van der Waals surface area contributed by atoms with Crippen LogP contribution in [-0.2, 0) is 10.0 Å². The Bertz CT molecular complexity index is 1460. The SMILES string of the molecule is CCN(CCC(O)c1ccccc1)C(=O)c1ccc(NS(=O)(=O)c2cc(F)cc3cccnc23)cc1. The Labute approximate surface area is 209 Å². The van der Waals surface area contributed by atoms with E-state index in [1.165, 1.54) is 36.5 Å². The first-order chi connectivity index (χ1) is 17.3. The lowest BCUT2D eigenvalue weighted by Gasteiger charge is -2.23. The number of carbonyl (C=O) groups excluding carboxylic acids is 1. The number of aliphatic hydroxyl groups excluding tert-OH is 1. The molecule has 4 aromatic rings. The van der Waals surface area contributed by atoms with Crippen molar-refractivity contribution < 1.29 is 22.7 Å². The van der Waals surface area contributed by atoms with Gasteiger partial charge >= 0.3 is 0 Å². The number of hydrogen-bond acceptors (Lipinski definition) is 5. The highest BCUT2D eigenvalue weighted by atomic mass is 32.2. The van der Waals surface area contributed by atoms with Crippen molar-refractivity contribution in [2.45, 2.75) is 24.3 Å². The molecule has 0 aliphatic carbocycles. The maximum atomic E-state index is 14.0. The van der Waals surface area contributed by atoms with Crippen LogP contribution in [0.25, 0.3) is 10.9 Å². The number of hydrogen-bond donors (Lipinski definition) is 2. The molecule has 2 N–H and O–H groups in total. The van der Waals surface area contributed by atoms with Gasteiger partial charge in [-0.25, -0.2) is 12.8 Å². The van der Waals surface area contributed by atoms with Crippen molar-refractivity contribution in [3.8, 4) is 0 Å². The number of fused-ring (bicyclic) bond motifs is 1. The van der Waals surface area contributed by atoms with Crippen molar-refractivity contribution in [1.29, 1.82) is 0 Å². The number of sulfonamides is 1. The fourth-order valence-corrected chi connectivity index (χ4v) is 5.17. The number of nitrogens with zero attached hydrogens (tertiary/aromatic N) is 2. The summed E-state index contributed by atoms with van der Waals surface area (Å²) in [5, 5.41) is 10.8. The lowest BCUT2D eigenvalue weighted by molar-refractivity contribution is 0.0726. The molecular formula is C27H26FN3O4S. The van der Waals surface area contributed by atoms with E-state index in [1.807, 2.05) is 37.3 Å². The average molecular weight is 508 g/mol. The summed E-state index contributed by atoms with van der Waals surface area (Å²) in [5.74, 6) is -0.915. The molecule has 9 heteroatoms. The molecule has 0 bridgehead atoms. The fourth-order valence-electron chi connectivity index (χ4n) is 3.93. The molecule has 1 atom stereocenters. The molecule has 3 aromatic carbocycles. The lowest BCUT2D eigenvalue weighted by Crippen LogP contribution is -2.32. The van der Waals surface area contributed by atoms with Crippen LogP contribution < -0.4 is 4.72 Å². The summed E-state index contributed by atoms with van der Waals surface area (Å²) in [4.78, 5) is 18.4. The first kappa shape index (κ1) is 25.3. The van der Waals surface area contributed by atoms with Crippen LogP contribution in [0, 0.1) is 5.82 Å².